The summed E-state index contributed by atoms with van der Waals surface area (Å²) in [6.45, 7) is -1.83. The molecule has 1 atom stereocenters. The van der Waals surface area contributed by atoms with Crippen LogP contribution in [-0.4, -0.2) is 30.3 Å². The van der Waals surface area contributed by atoms with E-state index in [2.05, 4.69) is 4.74 Å². The molecule has 15 heteroatoms. The molecule has 3 aromatic carbocycles. The number of rotatable bonds is 8. The molecule has 0 bridgehead atoms. The van der Waals surface area contributed by atoms with Gasteiger partial charge in [-0.05, 0) is 36.4 Å². The Morgan fingerprint density at radius 1 is 0.846 bits per heavy atom. The van der Waals surface area contributed by atoms with Crippen molar-refractivity contribution >= 4 is 17.3 Å². The van der Waals surface area contributed by atoms with Gasteiger partial charge in [0.1, 0.15) is 17.3 Å². The maximum atomic E-state index is 14.4. The molecule has 0 aliphatic carbocycles. The molecule has 1 unspecified atom stereocenters. The number of halogens is 11. The van der Waals surface area contributed by atoms with Gasteiger partial charge < -0.3 is 19.5 Å². The first-order valence-corrected chi connectivity index (χ1v) is 11.0. The lowest BCUT2D eigenvalue weighted by Crippen LogP contribution is -2.41. The quantitative estimate of drug-likeness (QED) is 0.269. The molecule has 0 saturated carbocycles. The van der Waals surface area contributed by atoms with Gasteiger partial charge in [0, 0.05) is 29.9 Å². The van der Waals surface area contributed by atoms with Gasteiger partial charge in [-0.1, -0.05) is 23.7 Å². The number of ether oxygens (including phenoxy) is 2. The summed E-state index contributed by atoms with van der Waals surface area (Å²) in [4.78, 5) is 0.844. The Hall–Kier alpha value is -3.39. The zero-order chi connectivity index (χ0) is 29.2. The van der Waals surface area contributed by atoms with E-state index < -0.39 is 60.6 Å². The minimum atomic E-state index is -5.08. The van der Waals surface area contributed by atoms with Crippen LogP contribution in [0.5, 0.6) is 17.2 Å². The number of aliphatic hydroxyl groups is 1. The molecule has 0 heterocycles. The molecule has 0 aliphatic heterocycles. The molecule has 0 radical (unpaired) electrons. The molecule has 212 valence electrons. The van der Waals surface area contributed by atoms with Crippen LogP contribution < -0.4 is 14.4 Å². The van der Waals surface area contributed by atoms with Gasteiger partial charge in [0.2, 0.25) is 0 Å². The van der Waals surface area contributed by atoms with E-state index >= 15 is 0 Å². The van der Waals surface area contributed by atoms with Crippen LogP contribution in [0.25, 0.3) is 0 Å². The molecule has 0 aromatic heterocycles. The van der Waals surface area contributed by atoms with Gasteiger partial charge in [-0.3, -0.25) is 0 Å². The number of aliphatic hydroxyl groups excluding tert-OH is 1. The summed E-state index contributed by atoms with van der Waals surface area (Å²) in [6, 6.07) is 9.48. The highest BCUT2D eigenvalue weighted by atomic mass is 35.5. The van der Waals surface area contributed by atoms with Gasteiger partial charge in [0.25, 0.3) is 0 Å². The zero-order valence-corrected chi connectivity index (χ0v) is 19.9. The average Bonchev–Trinajstić information content (AvgIpc) is 2.80. The Bertz CT molecular complexity index is 1290. The number of nitrogens with zero attached hydrogens (tertiary/aromatic N) is 1. The second-order valence-corrected chi connectivity index (χ2v) is 8.39. The maximum Gasteiger partial charge on any atom is 0.573 e. The molecule has 0 aliphatic rings. The van der Waals surface area contributed by atoms with Crippen LogP contribution >= 0.6 is 11.6 Å². The molecular weight excluding hydrogens is 576 g/mol. The van der Waals surface area contributed by atoms with Crippen molar-refractivity contribution < 1.29 is 58.5 Å². The molecule has 0 amide bonds. The van der Waals surface area contributed by atoms with Crippen molar-refractivity contribution in [1.82, 2.24) is 0 Å². The van der Waals surface area contributed by atoms with Gasteiger partial charge in [0.15, 0.2) is 11.9 Å². The lowest BCUT2D eigenvalue weighted by molar-refractivity contribution is -0.274. The van der Waals surface area contributed by atoms with Gasteiger partial charge in [0.05, 0.1) is 17.1 Å². The number of hydrogen-bond donors (Lipinski definition) is 1. The summed E-state index contributed by atoms with van der Waals surface area (Å²) >= 11 is 5.69. The topological polar surface area (TPSA) is 41.9 Å². The minimum Gasteiger partial charge on any atom is -0.457 e. The number of alkyl halides is 9. The molecule has 0 fully saturated rings. The molecule has 4 nitrogen and oxygen atoms in total. The van der Waals surface area contributed by atoms with Crippen LogP contribution in [0.3, 0.4) is 0 Å². The first-order valence-electron chi connectivity index (χ1n) is 10.6. The van der Waals surface area contributed by atoms with Crippen molar-refractivity contribution in [3.05, 3.63) is 82.6 Å². The van der Waals surface area contributed by atoms with Crippen molar-refractivity contribution in [3.8, 4) is 17.2 Å². The highest BCUT2D eigenvalue weighted by molar-refractivity contribution is 6.32. The summed E-state index contributed by atoms with van der Waals surface area (Å²) in [5, 5.41) is 9.22. The lowest BCUT2D eigenvalue weighted by Gasteiger charge is -2.29. The molecule has 1 N–H and O–H groups in total. The maximum absolute atomic E-state index is 14.4. The zero-order valence-electron chi connectivity index (χ0n) is 19.1. The highest BCUT2D eigenvalue weighted by Gasteiger charge is 2.39. The van der Waals surface area contributed by atoms with E-state index in [-0.39, 0.29) is 28.3 Å². The van der Waals surface area contributed by atoms with Gasteiger partial charge in [-0.25, -0.2) is 4.39 Å². The first kappa shape index (κ1) is 30.2. The van der Waals surface area contributed by atoms with Crippen LogP contribution in [0.15, 0.2) is 60.7 Å². The van der Waals surface area contributed by atoms with Gasteiger partial charge in [-0.15, -0.1) is 13.2 Å². The van der Waals surface area contributed by atoms with Gasteiger partial charge in [-0.2, -0.15) is 26.3 Å². The summed E-state index contributed by atoms with van der Waals surface area (Å²) in [7, 11) is 0. The number of hydrogen-bond acceptors (Lipinski definition) is 4. The monoisotopic (exact) mass is 591 g/mol. The predicted octanol–water partition coefficient (Wildman–Crippen LogP) is 8.12. The van der Waals surface area contributed by atoms with Crippen LogP contribution in [0.2, 0.25) is 5.02 Å². The second-order valence-electron chi connectivity index (χ2n) is 7.98. The number of benzene rings is 3. The van der Waals surface area contributed by atoms with Crippen molar-refractivity contribution in [2.24, 2.45) is 0 Å². The van der Waals surface area contributed by atoms with E-state index in [1.807, 2.05) is 0 Å². The van der Waals surface area contributed by atoms with Crippen LogP contribution in [-0.2, 0) is 12.7 Å². The number of anilines is 1. The van der Waals surface area contributed by atoms with Crippen molar-refractivity contribution in [2.45, 2.75) is 31.4 Å². The third kappa shape index (κ3) is 8.55. The average molecular weight is 592 g/mol. The van der Waals surface area contributed by atoms with Crippen molar-refractivity contribution in [3.63, 3.8) is 0 Å². The molecular formula is C24H16ClF10NO3. The Morgan fingerprint density at radius 3 is 2.10 bits per heavy atom. The van der Waals surface area contributed by atoms with Crippen LogP contribution in [0.4, 0.5) is 49.6 Å². The Morgan fingerprint density at radius 2 is 1.51 bits per heavy atom. The van der Waals surface area contributed by atoms with Crippen LogP contribution in [0.1, 0.15) is 11.1 Å². The summed E-state index contributed by atoms with van der Waals surface area (Å²) in [6.07, 6.45) is -17.9. The fraction of sp³-hybridized carbons (Fsp3) is 0.250. The fourth-order valence-corrected chi connectivity index (χ4v) is 3.42. The standard InChI is InChI=1S/C24H16ClF10NO3/c25-18-7-6-17(10-20(18)39-24(33,34)35)38-16-3-1-2-15(9-16)36(12-21(37)23(30,31)32)11-13-4-5-14(8-19(13)26)22(27,28)29/h1-10,21,37H,11-12H2. The SMILES string of the molecule is OC(CN(Cc1ccc(C(F)(F)F)cc1F)c1cccc(Oc2ccc(Cl)c(OC(F)(F)F)c2)c1)C(F)(F)F. The normalized spacial score (nSPS) is 13.2. The highest BCUT2D eigenvalue weighted by Crippen LogP contribution is 2.36. The Balaban J connectivity index is 1.92. The smallest absolute Gasteiger partial charge is 0.457 e. The van der Waals surface area contributed by atoms with E-state index in [1.165, 1.54) is 24.3 Å². The van der Waals surface area contributed by atoms with Crippen molar-refractivity contribution in [2.75, 3.05) is 11.4 Å². The van der Waals surface area contributed by atoms with E-state index in [0.29, 0.717) is 6.07 Å². The van der Waals surface area contributed by atoms with E-state index in [4.69, 9.17) is 16.3 Å². The third-order valence-electron chi connectivity index (χ3n) is 5.06. The van der Waals surface area contributed by atoms with E-state index in [1.54, 1.807) is 0 Å². The minimum absolute atomic E-state index is 0.0872. The molecule has 3 rings (SSSR count). The van der Waals surface area contributed by atoms with Crippen molar-refractivity contribution in [1.29, 1.82) is 0 Å². The van der Waals surface area contributed by atoms with Gasteiger partial charge >= 0.3 is 18.7 Å². The third-order valence-corrected chi connectivity index (χ3v) is 5.37. The predicted molar refractivity (Wildman–Crippen MR) is 119 cm³/mol. The summed E-state index contributed by atoms with van der Waals surface area (Å²) in [5.41, 5.74) is -1.80. The summed E-state index contributed by atoms with van der Waals surface area (Å²) < 4.78 is 139. The first-order chi connectivity index (χ1) is 17.9. The summed E-state index contributed by atoms with van der Waals surface area (Å²) in [5.74, 6) is -2.44. The molecule has 0 spiro atoms. The fourth-order valence-electron chi connectivity index (χ4n) is 3.26. The largest absolute Gasteiger partial charge is 0.573 e. The van der Waals surface area contributed by atoms with Crippen LogP contribution in [0, 0.1) is 5.82 Å². The molecule has 3 aromatic rings. The Kier molecular flexibility index (Phi) is 8.80. The second kappa shape index (κ2) is 11.4. The lowest BCUT2D eigenvalue weighted by atomic mass is 10.1. The molecule has 39 heavy (non-hydrogen) atoms. The Labute approximate surface area is 218 Å². The van der Waals surface area contributed by atoms with E-state index in [9.17, 15) is 49.0 Å². The van der Waals surface area contributed by atoms with E-state index in [0.717, 1.165) is 29.2 Å². The molecule has 0 saturated heterocycles.